The van der Waals surface area contributed by atoms with Crippen LogP contribution in [0, 0.1) is 12.8 Å². The second-order valence-electron chi connectivity index (χ2n) is 8.09. The van der Waals surface area contributed by atoms with Gasteiger partial charge < -0.3 is 19.5 Å². The Bertz CT molecular complexity index is 1210. The van der Waals surface area contributed by atoms with Gasteiger partial charge in [-0.05, 0) is 74.4 Å². The third-order valence-electron chi connectivity index (χ3n) is 5.28. The van der Waals surface area contributed by atoms with E-state index in [9.17, 15) is 9.59 Å². The number of ether oxygens (including phenoxy) is 3. The largest absolute Gasteiger partial charge is 0.497 e. The Hall–Kier alpha value is -4.33. The fourth-order valence-corrected chi connectivity index (χ4v) is 3.27. The van der Waals surface area contributed by atoms with Crippen LogP contribution in [0.5, 0.6) is 17.2 Å². The first-order valence-corrected chi connectivity index (χ1v) is 11.6. The van der Waals surface area contributed by atoms with Crippen molar-refractivity contribution < 1.29 is 23.8 Å². The third-order valence-corrected chi connectivity index (χ3v) is 5.28. The van der Waals surface area contributed by atoms with Crippen molar-refractivity contribution in [3.8, 4) is 17.2 Å². The van der Waals surface area contributed by atoms with Crippen LogP contribution in [0.3, 0.4) is 0 Å². The number of nitrogens with one attached hydrogen (secondary N) is 2. The lowest BCUT2D eigenvalue weighted by molar-refractivity contribution is -0.131. The normalized spacial score (nSPS) is 11.6. The van der Waals surface area contributed by atoms with E-state index in [0.29, 0.717) is 41.7 Å². The second kappa shape index (κ2) is 12.9. The maximum atomic E-state index is 12.4. The molecule has 0 fully saturated rings. The fraction of sp³-hybridized carbons (Fsp3) is 0.250. The lowest BCUT2D eigenvalue weighted by Gasteiger charge is -2.13. The summed E-state index contributed by atoms with van der Waals surface area (Å²) in [5.41, 5.74) is 5.92. The average Bonchev–Trinajstić information content (AvgIpc) is 2.88. The molecule has 1 unspecified atom stereocenters. The molecule has 0 saturated heterocycles. The molecule has 188 valence electrons. The second-order valence-corrected chi connectivity index (χ2v) is 8.09. The molecule has 0 aliphatic heterocycles. The summed E-state index contributed by atoms with van der Waals surface area (Å²) in [6, 6.07) is 20.3. The lowest BCUT2D eigenvalue weighted by atomic mass is 10.1. The van der Waals surface area contributed by atoms with Gasteiger partial charge in [0.25, 0.3) is 5.91 Å². The lowest BCUT2D eigenvalue weighted by Crippen LogP contribution is -2.34. The maximum absolute atomic E-state index is 12.4. The Kier molecular flexibility index (Phi) is 9.45. The van der Waals surface area contributed by atoms with Crippen molar-refractivity contribution in [2.75, 3.05) is 19.0 Å². The van der Waals surface area contributed by atoms with Crippen molar-refractivity contribution in [3.63, 3.8) is 0 Å². The number of nitrogens with zero attached hydrogens (tertiary/aromatic N) is 1. The molecule has 8 nitrogen and oxygen atoms in total. The molecule has 3 rings (SSSR count). The number of hydrazone groups is 1. The van der Waals surface area contributed by atoms with Gasteiger partial charge in [0.15, 0.2) is 11.5 Å². The predicted molar refractivity (Wildman–Crippen MR) is 140 cm³/mol. The summed E-state index contributed by atoms with van der Waals surface area (Å²) in [6.45, 7) is 6.33. The molecule has 1 atom stereocenters. The van der Waals surface area contributed by atoms with Crippen LogP contribution in [-0.4, -0.2) is 31.7 Å². The molecule has 0 saturated carbocycles. The molecule has 0 spiro atoms. The topological polar surface area (TPSA) is 98.2 Å². The number of hydrogen-bond donors (Lipinski definition) is 2. The minimum absolute atomic E-state index is 0.418. The average molecular weight is 490 g/mol. The van der Waals surface area contributed by atoms with Crippen LogP contribution < -0.4 is 25.0 Å². The molecule has 0 bridgehead atoms. The van der Waals surface area contributed by atoms with Gasteiger partial charge in [-0.2, -0.15) is 5.10 Å². The highest BCUT2D eigenvalue weighted by Gasteiger charge is 2.21. The summed E-state index contributed by atoms with van der Waals surface area (Å²) in [5, 5.41) is 6.69. The van der Waals surface area contributed by atoms with E-state index in [1.807, 2.05) is 38.1 Å². The van der Waals surface area contributed by atoms with E-state index in [0.717, 1.165) is 5.56 Å². The van der Waals surface area contributed by atoms with E-state index in [1.165, 1.54) is 18.7 Å². The van der Waals surface area contributed by atoms with E-state index >= 15 is 0 Å². The van der Waals surface area contributed by atoms with Gasteiger partial charge in [0.1, 0.15) is 18.3 Å². The van der Waals surface area contributed by atoms with Crippen LogP contribution in [0.1, 0.15) is 30.5 Å². The summed E-state index contributed by atoms with van der Waals surface area (Å²) < 4.78 is 16.8. The minimum atomic E-state index is -0.944. The number of anilines is 1. The molecular formula is C28H31N3O5. The van der Waals surface area contributed by atoms with Crippen molar-refractivity contribution in [2.45, 2.75) is 27.4 Å². The zero-order valence-electron chi connectivity index (χ0n) is 20.9. The predicted octanol–water partition coefficient (Wildman–Crippen LogP) is 4.71. The monoisotopic (exact) mass is 489 g/mol. The zero-order chi connectivity index (χ0) is 25.9. The number of carbonyl (C=O) groups excluding carboxylic acids is 2. The highest BCUT2D eigenvalue weighted by atomic mass is 16.5. The SMILES string of the molecule is CCOc1cc(C=NNC(=O)C(C)C(=O)Nc2ccc(OC)cc2)ccc1OCc1cccc(C)c1. The van der Waals surface area contributed by atoms with E-state index in [2.05, 4.69) is 21.9 Å². The molecule has 8 heteroatoms. The van der Waals surface area contributed by atoms with Crippen LogP contribution in [0.2, 0.25) is 0 Å². The molecule has 3 aromatic carbocycles. The molecule has 0 aliphatic carbocycles. The van der Waals surface area contributed by atoms with Crippen LogP contribution in [0.4, 0.5) is 5.69 Å². The molecule has 0 aliphatic rings. The van der Waals surface area contributed by atoms with Crippen molar-refractivity contribution >= 4 is 23.7 Å². The first-order valence-electron chi connectivity index (χ1n) is 11.6. The van der Waals surface area contributed by atoms with Crippen LogP contribution in [0.25, 0.3) is 0 Å². The molecule has 3 aromatic rings. The summed E-state index contributed by atoms with van der Waals surface area (Å²) >= 11 is 0. The van der Waals surface area contributed by atoms with Crippen LogP contribution in [0.15, 0.2) is 71.8 Å². The summed E-state index contributed by atoms with van der Waals surface area (Å²) in [6.07, 6.45) is 1.48. The van der Waals surface area contributed by atoms with Gasteiger partial charge in [-0.25, -0.2) is 5.43 Å². The Morgan fingerprint density at radius 2 is 1.75 bits per heavy atom. The first-order chi connectivity index (χ1) is 17.4. The number of rotatable bonds is 11. The number of hydrogen-bond acceptors (Lipinski definition) is 6. The van der Waals surface area contributed by atoms with E-state index in [1.54, 1.807) is 43.5 Å². The molecule has 0 heterocycles. The van der Waals surface area contributed by atoms with Gasteiger partial charge in [0.2, 0.25) is 5.91 Å². The quantitative estimate of drug-likeness (QED) is 0.231. The molecule has 2 amide bonds. The molecular weight excluding hydrogens is 458 g/mol. The number of benzene rings is 3. The minimum Gasteiger partial charge on any atom is -0.497 e. The van der Waals surface area contributed by atoms with Gasteiger partial charge in [-0.15, -0.1) is 0 Å². The number of amides is 2. The Morgan fingerprint density at radius 1 is 0.972 bits per heavy atom. The molecule has 36 heavy (non-hydrogen) atoms. The highest BCUT2D eigenvalue weighted by Crippen LogP contribution is 2.29. The Balaban J connectivity index is 1.57. The fourth-order valence-electron chi connectivity index (χ4n) is 3.27. The van der Waals surface area contributed by atoms with E-state index in [4.69, 9.17) is 14.2 Å². The van der Waals surface area contributed by atoms with Crippen LogP contribution >= 0.6 is 0 Å². The summed E-state index contributed by atoms with van der Waals surface area (Å²) in [5.74, 6) is -0.0508. The Morgan fingerprint density at radius 3 is 2.44 bits per heavy atom. The maximum Gasteiger partial charge on any atom is 0.252 e. The Labute approximate surface area is 211 Å². The van der Waals surface area contributed by atoms with E-state index < -0.39 is 17.7 Å². The zero-order valence-corrected chi connectivity index (χ0v) is 20.9. The highest BCUT2D eigenvalue weighted by molar-refractivity contribution is 6.06. The first kappa shape index (κ1) is 26.3. The number of aryl methyl sites for hydroxylation is 1. The summed E-state index contributed by atoms with van der Waals surface area (Å²) in [7, 11) is 1.56. The third kappa shape index (κ3) is 7.59. The van der Waals surface area contributed by atoms with Gasteiger partial charge in [0, 0.05) is 5.69 Å². The van der Waals surface area contributed by atoms with Crippen molar-refractivity contribution in [1.82, 2.24) is 5.43 Å². The molecule has 0 aromatic heterocycles. The summed E-state index contributed by atoms with van der Waals surface area (Å²) in [4.78, 5) is 24.8. The van der Waals surface area contributed by atoms with Crippen molar-refractivity contribution in [2.24, 2.45) is 11.0 Å². The van der Waals surface area contributed by atoms with Gasteiger partial charge >= 0.3 is 0 Å². The number of methoxy groups -OCH3 is 1. The van der Waals surface area contributed by atoms with Crippen LogP contribution in [-0.2, 0) is 16.2 Å². The van der Waals surface area contributed by atoms with Crippen molar-refractivity contribution in [1.29, 1.82) is 0 Å². The standard InChI is InChI=1S/C28H31N3O5/c1-5-35-26-16-21(9-14-25(26)36-18-22-8-6-7-19(2)15-22)17-29-31-28(33)20(3)27(32)30-23-10-12-24(34-4)13-11-23/h6-17,20H,5,18H2,1-4H3,(H,30,32)(H,31,33). The van der Waals surface area contributed by atoms with Gasteiger partial charge in [-0.1, -0.05) is 29.8 Å². The number of carbonyl (C=O) groups is 2. The van der Waals surface area contributed by atoms with E-state index in [-0.39, 0.29) is 0 Å². The molecule has 2 N–H and O–H groups in total. The smallest absolute Gasteiger partial charge is 0.252 e. The van der Waals surface area contributed by atoms with Crippen molar-refractivity contribution in [3.05, 3.63) is 83.4 Å². The molecule has 0 radical (unpaired) electrons. The van der Waals surface area contributed by atoms with Gasteiger partial charge in [0.05, 0.1) is 19.9 Å². The van der Waals surface area contributed by atoms with Gasteiger partial charge in [-0.3, -0.25) is 9.59 Å².